The maximum atomic E-state index is 9.84. The summed E-state index contributed by atoms with van der Waals surface area (Å²) in [5.41, 5.74) is 0. The number of aliphatic hydroxyl groups excluding tert-OH is 2. The van der Waals surface area contributed by atoms with Crippen molar-refractivity contribution in [2.45, 2.75) is 402 Å². The second kappa shape index (κ2) is 62.2. The normalized spacial score (nSPS) is 17.7. The zero-order valence-electron chi connectivity index (χ0n) is 60.5. The van der Waals surface area contributed by atoms with Crippen molar-refractivity contribution in [1.29, 1.82) is 0 Å². The van der Waals surface area contributed by atoms with Gasteiger partial charge in [0, 0.05) is 26.4 Å². The fourth-order valence-electron chi connectivity index (χ4n) is 14.2. The highest BCUT2D eigenvalue weighted by molar-refractivity contribution is 4.76. The quantitative estimate of drug-likeness (QED) is 0.0591. The van der Waals surface area contributed by atoms with Gasteiger partial charge in [-0.25, -0.2) is 0 Å². The Morgan fingerprint density at radius 1 is 0.267 bits per heavy atom. The molecule has 0 aromatic heterocycles. The van der Waals surface area contributed by atoms with Gasteiger partial charge in [-0.2, -0.15) is 0 Å². The summed E-state index contributed by atoms with van der Waals surface area (Å²) in [5.74, 6) is 8.60. The molecule has 0 heterocycles. The molecule has 1 saturated carbocycles. The molecule has 1 aliphatic rings. The minimum Gasteiger partial charge on any atom is -0.394 e. The van der Waals surface area contributed by atoms with E-state index in [9.17, 15) is 10.2 Å². The van der Waals surface area contributed by atoms with Gasteiger partial charge in [-0.15, -0.1) is 0 Å². The molecule has 3 unspecified atom stereocenters. The summed E-state index contributed by atoms with van der Waals surface area (Å²) in [6, 6.07) is 0. The van der Waals surface area contributed by atoms with E-state index in [2.05, 4.69) is 69.2 Å². The number of unbranched alkanes of at least 4 members (excludes halogenated alkanes) is 23. The highest BCUT2D eigenvalue weighted by atomic mass is 16.5. The zero-order valence-corrected chi connectivity index (χ0v) is 60.5. The van der Waals surface area contributed by atoms with Gasteiger partial charge in [0.25, 0.3) is 0 Å². The van der Waals surface area contributed by atoms with E-state index in [1.807, 2.05) is 0 Å². The second-order valence-electron chi connectivity index (χ2n) is 31.0. The van der Waals surface area contributed by atoms with Gasteiger partial charge in [0.05, 0.1) is 26.4 Å². The van der Waals surface area contributed by atoms with Crippen LogP contribution in [0.2, 0.25) is 0 Å². The Labute approximate surface area is 541 Å². The van der Waals surface area contributed by atoms with E-state index in [0.717, 1.165) is 99.5 Å². The minimum atomic E-state index is -0.181. The molecule has 6 nitrogen and oxygen atoms in total. The summed E-state index contributed by atoms with van der Waals surface area (Å²) in [4.78, 5) is 0. The van der Waals surface area contributed by atoms with E-state index in [4.69, 9.17) is 18.9 Å². The van der Waals surface area contributed by atoms with Crippen LogP contribution in [0.5, 0.6) is 0 Å². The third kappa shape index (κ3) is 57.6. The fraction of sp³-hybridized carbons (Fsp3) is 1.00. The van der Waals surface area contributed by atoms with Gasteiger partial charge >= 0.3 is 0 Å². The van der Waals surface area contributed by atoms with Crippen LogP contribution < -0.4 is 0 Å². The Morgan fingerprint density at radius 3 is 0.756 bits per heavy atom. The summed E-state index contributed by atoms with van der Waals surface area (Å²) in [5, 5.41) is 19.7. The van der Waals surface area contributed by atoms with Crippen LogP contribution in [-0.2, 0) is 18.9 Å². The molecule has 1 aliphatic carbocycles. The molecule has 0 radical (unpaired) electrons. The Hall–Kier alpha value is -0.240. The van der Waals surface area contributed by atoms with Gasteiger partial charge in [0.2, 0.25) is 0 Å². The van der Waals surface area contributed by atoms with Crippen molar-refractivity contribution in [3.8, 4) is 0 Å². The monoisotopic (exact) mass is 1220 g/mol. The van der Waals surface area contributed by atoms with Crippen LogP contribution in [0.25, 0.3) is 0 Å². The predicted octanol–water partition coefficient (Wildman–Crippen LogP) is 24.7. The molecule has 0 saturated heterocycles. The second-order valence-corrected chi connectivity index (χ2v) is 31.0. The smallest absolute Gasteiger partial charge is 0.104 e. The number of rotatable bonds is 69. The summed E-state index contributed by atoms with van der Waals surface area (Å²) in [6.07, 6.45) is 68.7. The summed E-state index contributed by atoms with van der Waals surface area (Å²) in [7, 11) is 0. The number of aliphatic hydroxyl groups is 2. The molecule has 0 aliphatic heterocycles. The Bertz CT molecular complexity index is 1320. The van der Waals surface area contributed by atoms with Crippen LogP contribution in [0.15, 0.2) is 0 Å². The number of ether oxygens (including phenoxy) is 4. The fourth-order valence-corrected chi connectivity index (χ4v) is 14.2. The number of hydrogen-bond acceptors (Lipinski definition) is 6. The lowest BCUT2D eigenvalue weighted by molar-refractivity contribution is -0.0459. The molecule has 0 aromatic carbocycles. The molecule has 0 bridgehead atoms. The molecular formula is C80H160O6. The zero-order chi connectivity index (χ0) is 62.8. The molecule has 0 aromatic rings. The molecular weight excluding hydrogens is 1060 g/mol. The average Bonchev–Trinajstić information content (AvgIpc) is 4.08. The molecule has 0 amide bonds. The standard InChI is InChI=1S/C80H160O6/c1-69(2)42-36-44-71(5)46-38-48-73(7)50-40-52-75(9)58-62-85-79(65-81)67-83-60-34-30-26-22-18-14-11-12-16-20-24-28-32-54-77-56-57-78(64-77)55-33-29-25-21-17-13-15-19-23-27-31-35-61-84-68-80(66-82)86-63-59-76(10)53-41-51-74(8)49-39-47-72(6)45-37-43-70(3)4/h69-82H,11-68H2,1-10H3/t71-,72-,73-,74-,75?,76?,77-,78?,79-,80-/m1/s1. The molecule has 1 rings (SSSR count). The highest BCUT2D eigenvalue weighted by Gasteiger charge is 2.24. The highest BCUT2D eigenvalue weighted by Crippen LogP contribution is 2.37. The van der Waals surface area contributed by atoms with Gasteiger partial charge in [-0.3, -0.25) is 0 Å². The topological polar surface area (TPSA) is 77.4 Å². The van der Waals surface area contributed by atoms with Crippen molar-refractivity contribution >= 4 is 0 Å². The lowest BCUT2D eigenvalue weighted by atomic mass is 9.91. The van der Waals surface area contributed by atoms with Crippen molar-refractivity contribution in [3.05, 3.63) is 0 Å². The van der Waals surface area contributed by atoms with E-state index in [-0.39, 0.29) is 25.4 Å². The first-order valence-corrected chi connectivity index (χ1v) is 39.4. The van der Waals surface area contributed by atoms with Crippen molar-refractivity contribution in [2.24, 2.45) is 59.2 Å². The minimum absolute atomic E-state index is 0.0526. The third-order valence-corrected chi connectivity index (χ3v) is 20.7. The molecule has 6 heteroatoms. The lowest BCUT2D eigenvalue weighted by Gasteiger charge is -2.18. The largest absolute Gasteiger partial charge is 0.394 e. The van der Waals surface area contributed by atoms with Crippen LogP contribution >= 0.6 is 0 Å². The van der Waals surface area contributed by atoms with E-state index in [0.29, 0.717) is 25.0 Å². The van der Waals surface area contributed by atoms with Crippen molar-refractivity contribution < 1.29 is 29.2 Å². The van der Waals surface area contributed by atoms with Crippen LogP contribution in [-0.4, -0.2) is 75.3 Å². The molecule has 2 N–H and O–H groups in total. The van der Waals surface area contributed by atoms with Gasteiger partial charge in [0.1, 0.15) is 12.2 Å². The SMILES string of the molecule is CC(C)CCC[C@@H](C)CCC[C@@H](C)CCCC(C)CCO[C@H](CO)COCCCCCCCCCCCCCCC[C@@H]1CCC(CCCCCCCCCCCCCCOC[C@@H](CO)OCCC(C)CCC[C@H](C)CCC[C@H](C)CCCC(C)C)C1. The van der Waals surface area contributed by atoms with Crippen molar-refractivity contribution in [1.82, 2.24) is 0 Å². The maximum absolute atomic E-state index is 9.84. The maximum Gasteiger partial charge on any atom is 0.104 e. The van der Waals surface area contributed by atoms with Gasteiger partial charge in [0.15, 0.2) is 0 Å². The first-order valence-electron chi connectivity index (χ1n) is 39.4. The molecule has 86 heavy (non-hydrogen) atoms. The van der Waals surface area contributed by atoms with E-state index in [1.54, 1.807) is 0 Å². The first kappa shape index (κ1) is 83.8. The molecule has 0 spiro atoms. The lowest BCUT2D eigenvalue weighted by Crippen LogP contribution is -2.25. The van der Waals surface area contributed by atoms with Crippen LogP contribution in [0.4, 0.5) is 0 Å². The summed E-state index contributed by atoms with van der Waals surface area (Å²) in [6.45, 7) is 28.1. The van der Waals surface area contributed by atoms with Crippen LogP contribution in [0.1, 0.15) is 390 Å². The first-order chi connectivity index (χ1) is 41.8. The molecule has 516 valence electrons. The van der Waals surface area contributed by atoms with Gasteiger partial charge in [-0.05, 0) is 91.3 Å². The predicted molar refractivity (Wildman–Crippen MR) is 378 cm³/mol. The Kier molecular flexibility index (Phi) is 60.6. The van der Waals surface area contributed by atoms with E-state index < -0.39 is 0 Å². The van der Waals surface area contributed by atoms with Gasteiger partial charge in [-0.1, -0.05) is 358 Å². The Balaban J connectivity index is 1.81. The molecule has 1 fully saturated rings. The molecule has 10 atom stereocenters. The number of hydrogen-bond donors (Lipinski definition) is 2. The van der Waals surface area contributed by atoms with Crippen LogP contribution in [0, 0.1) is 59.2 Å². The summed E-state index contributed by atoms with van der Waals surface area (Å²) >= 11 is 0. The van der Waals surface area contributed by atoms with Crippen molar-refractivity contribution in [3.63, 3.8) is 0 Å². The van der Waals surface area contributed by atoms with Gasteiger partial charge < -0.3 is 29.2 Å². The third-order valence-electron chi connectivity index (χ3n) is 20.7. The van der Waals surface area contributed by atoms with E-state index >= 15 is 0 Å². The van der Waals surface area contributed by atoms with E-state index in [1.165, 1.54) is 295 Å². The Morgan fingerprint density at radius 2 is 0.500 bits per heavy atom. The summed E-state index contributed by atoms with van der Waals surface area (Å²) < 4.78 is 23.9. The van der Waals surface area contributed by atoms with Crippen LogP contribution in [0.3, 0.4) is 0 Å². The average molecular weight is 1220 g/mol. The van der Waals surface area contributed by atoms with Crippen molar-refractivity contribution in [2.75, 3.05) is 52.9 Å².